The molecule has 0 aliphatic heterocycles. The lowest BCUT2D eigenvalue weighted by Gasteiger charge is -2.08. The van der Waals surface area contributed by atoms with Crippen molar-refractivity contribution in [1.82, 2.24) is 20.5 Å². The zero-order valence-corrected chi connectivity index (χ0v) is 13.5. The van der Waals surface area contributed by atoms with Gasteiger partial charge in [-0.25, -0.2) is 4.98 Å². The van der Waals surface area contributed by atoms with Gasteiger partial charge in [0.2, 0.25) is 0 Å². The molecule has 0 bridgehead atoms. The molecule has 0 saturated heterocycles. The van der Waals surface area contributed by atoms with E-state index in [0.717, 1.165) is 22.5 Å². The number of carbonyl (C=O) groups excluding carboxylic acids is 1. The third-order valence-corrected chi connectivity index (χ3v) is 3.63. The van der Waals surface area contributed by atoms with Gasteiger partial charge in [-0.15, -0.1) is 0 Å². The fraction of sp³-hybridized carbons (Fsp3) is 0.167. The highest BCUT2D eigenvalue weighted by Crippen LogP contribution is 2.19. The van der Waals surface area contributed by atoms with Gasteiger partial charge in [0.15, 0.2) is 5.82 Å². The van der Waals surface area contributed by atoms with Gasteiger partial charge < -0.3 is 10.4 Å². The summed E-state index contributed by atoms with van der Waals surface area (Å²) in [4.78, 5) is 16.5. The Hall–Kier alpha value is -3.15. The second-order valence-electron chi connectivity index (χ2n) is 5.65. The summed E-state index contributed by atoms with van der Waals surface area (Å²) >= 11 is 0. The van der Waals surface area contributed by atoms with Gasteiger partial charge in [0.1, 0.15) is 11.6 Å². The Balaban J connectivity index is 1.73. The fourth-order valence-corrected chi connectivity index (χ4v) is 2.40. The van der Waals surface area contributed by atoms with Crippen molar-refractivity contribution in [2.75, 3.05) is 0 Å². The van der Waals surface area contributed by atoms with Crippen LogP contribution in [-0.2, 0) is 6.54 Å². The van der Waals surface area contributed by atoms with Crippen molar-refractivity contribution in [3.8, 4) is 17.1 Å². The first-order chi connectivity index (χ1) is 11.5. The number of aryl methyl sites for hydroxylation is 2. The molecule has 0 saturated carbocycles. The molecule has 3 rings (SSSR count). The highest BCUT2D eigenvalue weighted by Gasteiger charge is 2.11. The van der Waals surface area contributed by atoms with Crippen LogP contribution < -0.4 is 5.32 Å². The third kappa shape index (κ3) is 3.43. The van der Waals surface area contributed by atoms with Gasteiger partial charge in [0.05, 0.1) is 5.56 Å². The lowest BCUT2D eigenvalue weighted by molar-refractivity contribution is 0.0948. The second-order valence-corrected chi connectivity index (χ2v) is 5.65. The van der Waals surface area contributed by atoms with Crippen LogP contribution in [0.25, 0.3) is 11.4 Å². The normalized spacial score (nSPS) is 10.6. The van der Waals surface area contributed by atoms with E-state index < -0.39 is 0 Å². The van der Waals surface area contributed by atoms with Gasteiger partial charge in [-0.1, -0.05) is 29.8 Å². The number of phenols is 1. The van der Waals surface area contributed by atoms with Crippen molar-refractivity contribution < 1.29 is 9.90 Å². The zero-order chi connectivity index (χ0) is 17.1. The van der Waals surface area contributed by atoms with Gasteiger partial charge in [-0.3, -0.25) is 9.89 Å². The highest BCUT2D eigenvalue weighted by atomic mass is 16.3. The summed E-state index contributed by atoms with van der Waals surface area (Å²) in [5.41, 5.74) is 3.00. The first kappa shape index (κ1) is 15.7. The van der Waals surface area contributed by atoms with E-state index in [0.29, 0.717) is 12.4 Å². The Bertz CT molecular complexity index is 886. The number of carbonyl (C=O) groups is 1. The smallest absolute Gasteiger partial charge is 0.255 e. The molecule has 1 heterocycles. The maximum absolute atomic E-state index is 12.2. The number of H-pyrrole nitrogens is 1. The van der Waals surface area contributed by atoms with Crippen molar-refractivity contribution >= 4 is 5.91 Å². The number of aromatic hydroxyl groups is 1. The SMILES string of the molecule is Cc1ccc(O)c(C(=O)NCc2cccc(-c3n[nH]c(C)n3)c2)c1. The average Bonchev–Trinajstić information content (AvgIpc) is 3.02. The number of aromatic nitrogens is 3. The van der Waals surface area contributed by atoms with Crippen LogP contribution in [0.15, 0.2) is 42.5 Å². The molecule has 0 spiro atoms. The number of rotatable bonds is 4. The number of nitrogens with one attached hydrogen (secondary N) is 2. The monoisotopic (exact) mass is 322 g/mol. The van der Waals surface area contributed by atoms with Crippen LogP contribution in [-0.4, -0.2) is 26.2 Å². The minimum atomic E-state index is -0.310. The van der Waals surface area contributed by atoms with Crippen LogP contribution in [0.2, 0.25) is 0 Å². The van der Waals surface area contributed by atoms with E-state index >= 15 is 0 Å². The molecular weight excluding hydrogens is 304 g/mol. The van der Waals surface area contributed by atoms with Crippen molar-refractivity contribution in [1.29, 1.82) is 0 Å². The Kier molecular flexibility index (Phi) is 4.29. The first-order valence-electron chi connectivity index (χ1n) is 7.59. The molecule has 0 unspecified atom stereocenters. The maximum Gasteiger partial charge on any atom is 0.255 e. The van der Waals surface area contributed by atoms with Gasteiger partial charge in [0, 0.05) is 12.1 Å². The number of nitrogens with zero attached hydrogens (tertiary/aromatic N) is 2. The van der Waals surface area contributed by atoms with Crippen molar-refractivity contribution in [3.05, 3.63) is 65.0 Å². The maximum atomic E-state index is 12.2. The van der Waals surface area contributed by atoms with Gasteiger partial charge in [0.25, 0.3) is 5.91 Å². The molecular formula is C18H18N4O2. The summed E-state index contributed by atoms with van der Waals surface area (Å²) in [6.07, 6.45) is 0. The highest BCUT2D eigenvalue weighted by molar-refractivity contribution is 5.96. The molecule has 2 aromatic carbocycles. The molecule has 0 aliphatic carbocycles. The van der Waals surface area contributed by atoms with Crippen LogP contribution in [0.4, 0.5) is 0 Å². The topological polar surface area (TPSA) is 90.9 Å². The molecule has 0 aliphatic rings. The number of amides is 1. The zero-order valence-electron chi connectivity index (χ0n) is 13.5. The summed E-state index contributed by atoms with van der Waals surface area (Å²) in [5.74, 6) is 1.04. The molecule has 122 valence electrons. The summed E-state index contributed by atoms with van der Waals surface area (Å²) in [5, 5.41) is 19.6. The number of hydrogen-bond donors (Lipinski definition) is 3. The molecule has 6 heteroatoms. The molecule has 24 heavy (non-hydrogen) atoms. The van der Waals surface area contributed by atoms with E-state index in [-0.39, 0.29) is 17.2 Å². The lowest BCUT2D eigenvalue weighted by atomic mass is 10.1. The Labute approximate surface area is 139 Å². The number of phenolic OH excluding ortho intramolecular Hbond substituents is 1. The summed E-state index contributed by atoms with van der Waals surface area (Å²) in [6.45, 7) is 4.07. The Morgan fingerprint density at radius 1 is 1.21 bits per heavy atom. The molecule has 0 radical (unpaired) electrons. The second kappa shape index (κ2) is 6.54. The van der Waals surface area contributed by atoms with Crippen LogP contribution in [0.3, 0.4) is 0 Å². The summed E-state index contributed by atoms with van der Waals surface area (Å²) < 4.78 is 0. The van der Waals surface area contributed by atoms with Gasteiger partial charge in [-0.2, -0.15) is 5.10 Å². The van der Waals surface area contributed by atoms with E-state index in [9.17, 15) is 9.90 Å². The molecule has 1 amide bonds. The third-order valence-electron chi connectivity index (χ3n) is 3.63. The van der Waals surface area contributed by atoms with E-state index in [1.165, 1.54) is 6.07 Å². The molecule has 6 nitrogen and oxygen atoms in total. The van der Waals surface area contributed by atoms with Crippen LogP contribution in [0.5, 0.6) is 5.75 Å². The Morgan fingerprint density at radius 2 is 2.04 bits per heavy atom. The molecule has 0 fully saturated rings. The van der Waals surface area contributed by atoms with Crippen molar-refractivity contribution in [2.24, 2.45) is 0 Å². The van der Waals surface area contributed by atoms with Crippen molar-refractivity contribution in [3.63, 3.8) is 0 Å². The van der Waals surface area contributed by atoms with Crippen LogP contribution >= 0.6 is 0 Å². The van der Waals surface area contributed by atoms with E-state index in [1.807, 2.05) is 38.1 Å². The number of hydrogen-bond acceptors (Lipinski definition) is 4. The van der Waals surface area contributed by atoms with Crippen molar-refractivity contribution in [2.45, 2.75) is 20.4 Å². The molecule has 0 atom stereocenters. The van der Waals surface area contributed by atoms with Gasteiger partial charge >= 0.3 is 0 Å². The minimum Gasteiger partial charge on any atom is -0.507 e. The number of aromatic amines is 1. The molecule has 3 aromatic rings. The molecule has 1 aromatic heterocycles. The predicted molar refractivity (Wildman–Crippen MR) is 90.6 cm³/mol. The lowest BCUT2D eigenvalue weighted by Crippen LogP contribution is -2.23. The van der Waals surface area contributed by atoms with E-state index in [4.69, 9.17) is 0 Å². The van der Waals surface area contributed by atoms with Crippen LogP contribution in [0.1, 0.15) is 27.3 Å². The van der Waals surface area contributed by atoms with E-state index in [1.54, 1.807) is 12.1 Å². The molecule has 3 N–H and O–H groups in total. The fourth-order valence-electron chi connectivity index (χ4n) is 2.40. The minimum absolute atomic E-state index is 0.0250. The van der Waals surface area contributed by atoms with Gasteiger partial charge in [-0.05, 0) is 37.6 Å². The first-order valence-corrected chi connectivity index (χ1v) is 7.59. The summed E-state index contributed by atoms with van der Waals surface area (Å²) in [7, 11) is 0. The quantitative estimate of drug-likeness (QED) is 0.689. The number of benzene rings is 2. The largest absolute Gasteiger partial charge is 0.507 e. The van der Waals surface area contributed by atoms with E-state index in [2.05, 4.69) is 20.5 Å². The standard InChI is InChI=1S/C18H18N4O2/c1-11-6-7-16(23)15(8-11)18(24)19-10-13-4-3-5-14(9-13)17-20-12(2)21-22-17/h3-9,23H,10H2,1-2H3,(H,19,24)(H,20,21,22). The average molecular weight is 322 g/mol. The predicted octanol–water partition coefficient (Wildman–Crippen LogP) is 2.72. The summed E-state index contributed by atoms with van der Waals surface area (Å²) in [6, 6.07) is 12.6. The Morgan fingerprint density at radius 3 is 2.79 bits per heavy atom. The van der Waals surface area contributed by atoms with Crippen LogP contribution in [0, 0.1) is 13.8 Å².